The fraction of sp³-hybridized carbons (Fsp3) is 0.750. The number of anilines is 2. The van der Waals surface area contributed by atoms with Crippen LogP contribution in [0.25, 0.3) is 0 Å². The third-order valence-corrected chi connectivity index (χ3v) is 7.82. The largest absolute Gasteiger partial charge is 0.370 e. The molecule has 0 amide bonds. The van der Waals surface area contributed by atoms with Gasteiger partial charge in [-0.1, -0.05) is 20.8 Å². The van der Waals surface area contributed by atoms with E-state index >= 15 is 0 Å². The molecule has 0 unspecified atom stereocenters. The van der Waals surface area contributed by atoms with Crippen molar-refractivity contribution >= 4 is 11.5 Å². The Bertz CT molecular complexity index is 613. The van der Waals surface area contributed by atoms with Crippen molar-refractivity contribution in [1.29, 1.82) is 0 Å². The Kier molecular flexibility index (Phi) is 3.79. The second kappa shape index (κ2) is 5.62. The number of hydrogen-bond acceptors (Lipinski definition) is 4. The van der Waals surface area contributed by atoms with Gasteiger partial charge in [-0.25, -0.2) is 4.98 Å². The lowest BCUT2D eigenvalue weighted by atomic mass is 9.69. The Morgan fingerprint density at radius 1 is 1.25 bits per heavy atom. The van der Waals surface area contributed by atoms with Gasteiger partial charge >= 0.3 is 0 Å². The van der Waals surface area contributed by atoms with E-state index in [0.717, 1.165) is 24.8 Å². The van der Waals surface area contributed by atoms with Gasteiger partial charge in [0.1, 0.15) is 5.82 Å². The third kappa shape index (κ3) is 2.33. The van der Waals surface area contributed by atoms with Gasteiger partial charge in [0.25, 0.3) is 0 Å². The second-order valence-corrected chi connectivity index (χ2v) is 8.93. The molecule has 3 fully saturated rings. The lowest BCUT2D eigenvalue weighted by molar-refractivity contribution is 0.142. The van der Waals surface area contributed by atoms with Gasteiger partial charge in [-0.05, 0) is 55.5 Å². The number of fused-ring (bicyclic) bond motifs is 2. The number of aromatic nitrogens is 1. The fourth-order valence-corrected chi connectivity index (χ4v) is 5.53. The lowest BCUT2D eigenvalue weighted by Crippen LogP contribution is -2.40. The number of likely N-dealkylation sites (N-methyl/N-ethyl adjacent to an activating group) is 1. The first-order valence-electron chi connectivity index (χ1n) is 9.59. The van der Waals surface area contributed by atoms with Crippen molar-refractivity contribution in [2.24, 2.45) is 16.7 Å². The minimum Gasteiger partial charge on any atom is -0.370 e. The number of pyridine rings is 1. The van der Waals surface area contributed by atoms with Crippen LogP contribution in [-0.2, 0) is 0 Å². The molecular weight excluding hydrogens is 296 g/mol. The molecule has 132 valence electrons. The fourth-order valence-electron chi connectivity index (χ4n) is 5.53. The van der Waals surface area contributed by atoms with Crippen molar-refractivity contribution in [3.8, 4) is 0 Å². The predicted octanol–water partition coefficient (Wildman–Crippen LogP) is 3.51. The van der Waals surface area contributed by atoms with Crippen molar-refractivity contribution in [1.82, 2.24) is 10.3 Å². The summed E-state index contributed by atoms with van der Waals surface area (Å²) in [6.07, 6.45) is 7.22. The van der Waals surface area contributed by atoms with Gasteiger partial charge in [0.2, 0.25) is 0 Å². The first-order chi connectivity index (χ1) is 11.4. The van der Waals surface area contributed by atoms with E-state index in [1.165, 1.54) is 31.4 Å². The van der Waals surface area contributed by atoms with Crippen LogP contribution in [0.15, 0.2) is 18.3 Å². The first kappa shape index (κ1) is 16.2. The molecule has 1 saturated heterocycles. The van der Waals surface area contributed by atoms with E-state index in [1.54, 1.807) is 0 Å². The van der Waals surface area contributed by atoms with Crippen molar-refractivity contribution in [2.75, 3.05) is 30.4 Å². The van der Waals surface area contributed by atoms with E-state index in [-0.39, 0.29) is 0 Å². The quantitative estimate of drug-likeness (QED) is 0.887. The third-order valence-electron chi connectivity index (χ3n) is 7.82. The van der Waals surface area contributed by atoms with E-state index in [4.69, 9.17) is 0 Å². The van der Waals surface area contributed by atoms with Crippen molar-refractivity contribution in [3.63, 3.8) is 0 Å². The van der Waals surface area contributed by atoms with E-state index in [0.29, 0.717) is 22.9 Å². The molecule has 4 rings (SSSR count). The molecule has 4 nitrogen and oxygen atoms in total. The molecule has 2 N–H and O–H groups in total. The number of hydrogen-bond donors (Lipinski definition) is 2. The summed E-state index contributed by atoms with van der Waals surface area (Å²) in [6, 6.07) is 5.56. The van der Waals surface area contributed by atoms with E-state index in [2.05, 4.69) is 60.5 Å². The second-order valence-electron chi connectivity index (χ2n) is 8.93. The van der Waals surface area contributed by atoms with Gasteiger partial charge < -0.3 is 15.5 Å². The van der Waals surface area contributed by atoms with Crippen LogP contribution in [0.5, 0.6) is 0 Å². The highest BCUT2D eigenvalue weighted by Crippen LogP contribution is 2.65. The molecular formula is C20H32N4. The SMILES string of the molecule is CN[C@@H]1CCN(c2ccnc(N[C@H]3C[C@H]4CC[C@]3(C)C4(C)C)c2)C1. The highest BCUT2D eigenvalue weighted by Gasteiger charge is 2.61. The van der Waals surface area contributed by atoms with Crippen LogP contribution in [0.4, 0.5) is 11.5 Å². The molecule has 4 atom stereocenters. The number of nitrogens with zero attached hydrogens (tertiary/aromatic N) is 2. The van der Waals surface area contributed by atoms with Crippen molar-refractivity contribution < 1.29 is 0 Å². The summed E-state index contributed by atoms with van der Waals surface area (Å²) in [7, 11) is 2.06. The van der Waals surface area contributed by atoms with Crippen LogP contribution in [-0.4, -0.2) is 37.2 Å². The highest BCUT2D eigenvalue weighted by molar-refractivity contribution is 5.55. The minimum absolute atomic E-state index is 0.389. The van der Waals surface area contributed by atoms with Crippen LogP contribution in [0.1, 0.15) is 46.5 Å². The van der Waals surface area contributed by atoms with Crippen LogP contribution in [0, 0.1) is 16.7 Å². The highest BCUT2D eigenvalue weighted by atomic mass is 15.2. The normalized spacial score (nSPS) is 37.2. The maximum atomic E-state index is 4.62. The number of nitrogens with one attached hydrogen (secondary N) is 2. The van der Waals surface area contributed by atoms with E-state index < -0.39 is 0 Å². The molecule has 2 bridgehead atoms. The average molecular weight is 329 g/mol. The standard InChI is InChI=1S/C20H32N4/c1-19(2)14-5-8-20(19,3)17(11-14)23-18-12-16(6-9-22-18)24-10-7-15(13-24)21-4/h6,9,12,14-15,17,21H,5,7-8,10-11,13H2,1-4H3,(H,22,23)/t14-,15-,17+,20+/m1/s1. The zero-order chi connectivity index (χ0) is 16.9. The average Bonchev–Trinajstić information content (AvgIpc) is 3.18. The Labute approximate surface area is 146 Å². The van der Waals surface area contributed by atoms with E-state index in [9.17, 15) is 0 Å². The molecule has 2 aliphatic carbocycles. The zero-order valence-corrected chi connectivity index (χ0v) is 15.6. The molecule has 2 heterocycles. The smallest absolute Gasteiger partial charge is 0.128 e. The van der Waals surface area contributed by atoms with Gasteiger partial charge in [0.05, 0.1) is 0 Å². The Balaban J connectivity index is 1.50. The van der Waals surface area contributed by atoms with Gasteiger partial charge in [-0.15, -0.1) is 0 Å². The van der Waals surface area contributed by atoms with E-state index in [1.807, 2.05) is 6.20 Å². The maximum Gasteiger partial charge on any atom is 0.128 e. The minimum atomic E-state index is 0.389. The monoisotopic (exact) mass is 328 g/mol. The molecule has 0 aromatic carbocycles. The number of rotatable bonds is 4. The molecule has 0 spiro atoms. The lowest BCUT2D eigenvalue weighted by Gasteiger charge is -2.39. The maximum absolute atomic E-state index is 4.62. The molecule has 1 aromatic rings. The molecule has 4 heteroatoms. The Morgan fingerprint density at radius 3 is 2.71 bits per heavy atom. The predicted molar refractivity (Wildman–Crippen MR) is 101 cm³/mol. The summed E-state index contributed by atoms with van der Waals surface area (Å²) < 4.78 is 0. The van der Waals surface area contributed by atoms with Gasteiger partial charge in [0, 0.05) is 43.1 Å². The van der Waals surface area contributed by atoms with Crippen LogP contribution >= 0.6 is 0 Å². The van der Waals surface area contributed by atoms with Gasteiger partial charge in [-0.2, -0.15) is 0 Å². The Hall–Kier alpha value is -1.29. The topological polar surface area (TPSA) is 40.2 Å². The summed E-state index contributed by atoms with van der Waals surface area (Å²) in [6.45, 7) is 9.65. The van der Waals surface area contributed by atoms with Crippen LogP contribution in [0.2, 0.25) is 0 Å². The molecule has 1 aliphatic heterocycles. The summed E-state index contributed by atoms with van der Waals surface area (Å²) >= 11 is 0. The summed E-state index contributed by atoms with van der Waals surface area (Å²) in [5.74, 6) is 1.91. The summed E-state index contributed by atoms with van der Waals surface area (Å²) in [4.78, 5) is 7.10. The molecule has 1 aromatic heterocycles. The zero-order valence-electron chi connectivity index (χ0n) is 15.6. The molecule has 0 radical (unpaired) electrons. The summed E-state index contributed by atoms with van der Waals surface area (Å²) in [5.41, 5.74) is 2.13. The van der Waals surface area contributed by atoms with Gasteiger partial charge in [0.15, 0.2) is 0 Å². The Morgan fingerprint density at radius 2 is 2.08 bits per heavy atom. The van der Waals surface area contributed by atoms with Crippen LogP contribution in [0.3, 0.4) is 0 Å². The molecule has 24 heavy (non-hydrogen) atoms. The summed E-state index contributed by atoms with van der Waals surface area (Å²) in [5, 5.41) is 7.20. The van der Waals surface area contributed by atoms with Crippen molar-refractivity contribution in [3.05, 3.63) is 18.3 Å². The van der Waals surface area contributed by atoms with Crippen LogP contribution < -0.4 is 15.5 Å². The molecule has 3 aliphatic rings. The van der Waals surface area contributed by atoms with Gasteiger partial charge in [-0.3, -0.25) is 0 Å². The molecule has 2 saturated carbocycles. The van der Waals surface area contributed by atoms with Crippen molar-refractivity contribution in [2.45, 2.75) is 58.5 Å². The first-order valence-corrected chi connectivity index (χ1v) is 9.59.